The van der Waals surface area contributed by atoms with Gasteiger partial charge in [-0.1, -0.05) is 20.8 Å². The maximum Gasteiger partial charge on any atom is 0.337 e. The maximum absolute atomic E-state index is 11.8. The van der Waals surface area contributed by atoms with Crippen molar-refractivity contribution in [1.82, 2.24) is 4.57 Å². The van der Waals surface area contributed by atoms with Gasteiger partial charge in [0.25, 0.3) is 0 Å². The fraction of sp³-hybridized carbons (Fsp3) is 0.500. The number of carbonyl (C=O) groups is 1. The largest absolute Gasteiger partial charge is 0.478 e. The number of rotatable bonds is 4. The number of nitrogens with zero attached hydrogens (tertiary/aromatic N) is 1. The van der Waals surface area contributed by atoms with Gasteiger partial charge in [-0.15, -0.1) is 0 Å². The Morgan fingerprint density at radius 2 is 1.86 bits per heavy atom. The standard InChI is InChI=1S/C18H25NO2/c1-7-14-12(6)19(11(4)5)17-15(14)8-13(10(2)3)9-16(17)18(20)21/h8-11H,7H2,1-6H3,(H,20,21). The van der Waals surface area contributed by atoms with Crippen LogP contribution in [0.25, 0.3) is 10.9 Å². The van der Waals surface area contributed by atoms with Crippen molar-refractivity contribution < 1.29 is 9.90 Å². The highest BCUT2D eigenvalue weighted by atomic mass is 16.4. The summed E-state index contributed by atoms with van der Waals surface area (Å²) in [5, 5.41) is 10.8. The van der Waals surface area contributed by atoms with E-state index in [0.29, 0.717) is 11.5 Å². The quantitative estimate of drug-likeness (QED) is 0.867. The summed E-state index contributed by atoms with van der Waals surface area (Å²) in [6, 6.07) is 4.26. The molecule has 0 fully saturated rings. The fourth-order valence-electron chi connectivity index (χ4n) is 3.24. The molecule has 3 nitrogen and oxygen atoms in total. The molecule has 0 bridgehead atoms. The Bertz CT molecular complexity index is 693. The molecule has 0 aliphatic rings. The molecule has 0 saturated carbocycles. The van der Waals surface area contributed by atoms with E-state index in [0.717, 1.165) is 22.9 Å². The molecule has 3 heteroatoms. The third-order valence-electron chi connectivity index (χ3n) is 4.26. The first-order valence-corrected chi connectivity index (χ1v) is 7.70. The lowest BCUT2D eigenvalue weighted by Gasteiger charge is -2.15. The minimum absolute atomic E-state index is 0.246. The predicted octanol–water partition coefficient (Wildman–Crippen LogP) is 4.91. The van der Waals surface area contributed by atoms with E-state index in [1.807, 2.05) is 6.07 Å². The SMILES string of the molecule is CCc1c(C)n(C(C)C)c2c(C(=O)O)cc(C(C)C)cc12. The summed E-state index contributed by atoms with van der Waals surface area (Å²) in [4.78, 5) is 11.8. The Morgan fingerprint density at radius 3 is 2.29 bits per heavy atom. The number of aryl methyl sites for hydroxylation is 1. The Hall–Kier alpha value is -1.77. The van der Waals surface area contributed by atoms with Crippen molar-refractivity contribution in [2.75, 3.05) is 0 Å². The zero-order valence-corrected chi connectivity index (χ0v) is 13.8. The Kier molecular flexibility index (Phi) is 4.13. The molecule has 1 N–H and O–H groups in total. The fourth-order valence-corrected chi connectivity index (χ4v) is 3.24. The van der Waals surface area contributed by atoms with E-state index < -0.39 is 5.97 Å². The van der Waals surface area contributed by atoms with Gasteiger partial charge < -0.3 is 9.67 Å². The van der Waals surface area contributed by atoms with Crippen molar-refractivity contribution in [3.63, 3.8) is 0 Å². The molecule has 1 aromatic heterocycles. The van der Waals surface area contributed by atoms with Crippen molar-refractivity contribution >= 4 is 16.9 Å². The van der Waals surface area contributed by atoms with Crippen LogP contribution in [0.4, 0.5) is 0 Å². The Labute approximate surface area is 126 Å². The lowest BCUT2D eigenvalue weighted by atomic mass is 9.96. The first-order valence-electron chi connectivity index (χ1n) is 7.70. The molecule has 0 spiro atoms. The lowest BCUT2D eigenvalue weighted by Crippen LogP contribution is -2.08. The van der Waals surface area contributed by atoms with Crippen LogP contribution in [-0.4, -0.2) is 15.6 Å². The second kappa shape index (κ2) is 5.55. The van der Waals surface area contributed by atoms with Gasteiger partial charge in [0, 0.05) is 17.1 Å². The highest BCUT2D eigenvalue weighted by Crippen LogP contribution is 2.34. The van der Waals surface area contributed by atoms with E-state index in [2.05, 4.69) is 52.2 Å². The highest BCUT2D eigenvalue weighted by molar-refractivity contribution is 6.04. The van der Waals surface area contributed by atoms with Gasteiger partial charge in [-0.05, 0) is 56.4 Å². The molecule has 0 atom stereocenters. The molecular weight excluding hydrogens is 262 g/mol. The number of hydrogen-bond donors (Lipinski definition) is 1. The van der Waals surface area contributed by atoms with Gasteiger partial charge in [0.15, 0.2) is 0 Å². The van der Waals surface area contributed by atoms with Crippen LogP contribution in [0.2, 0.25) is 0 Å². The van der Waals surface area contributed by atoms with Gasteiger partial charge in [-0.25, -0.2) is 4.79 Å². The van der Waals surface area contributed by atoms with Crippen molar-refractivity contribution in [2.45, 2.75) is 59.9 Å². The average Bonchev–Trinajstić information content (AvgIpc) is 2.68. The van der Waals surface area contributed by atoms with Crippen LogP contribution in [0.5, 0.6) is 0 Å². The van der Waals surface area contributed by atoms with Crippen LogP contribution in [0, 0.1) is 6.92 Å². The summed E-state index contributed by atoms with van der Waals surface area (Å²) in [5.41, 5.74) is 4.84. The van der Waals surface area contributed by atoms with Crippen LogP contribution in [-0.2, 0) is 6.42 Å². The van der Waals surface area contributed by atoms with Gasteiger partial charge in [0.2, 0.25) is 0 Å². The summed E-state index contributed by atoms with van der Waals surface area (Å²) in [5.74, 6) is -0.524. The molecule has 114 valence electrons. The van der Waals surface area contributed by atoms with Crippen molar-refractivity contribution in [3.8, 4) is 0 Å². The predicted molar refractivity (Wildman–Crippen MR) is 87.5 cm³/mol. The Balaban J connectivity index is 3.00. The van der Waals surface area contributed by atoms with Crippen LogP contribution < -0.4 is 0 Å². The number of carboxylic acid groups (broad SMARTS) is 1. The molecule has 0 saturated heterocycles. The minimum atomic E-state index is -0.843. The lowest BCUT2D eigenvalue weighted by molar-refractivity contribution is 0.0698. The van der Waals surface area contributed by atoms with E-state index in [9.17, 15) is 9.90 Å². The normalized spacial score (nSPS) is 11.8. The van der Waals surface area contributed by atoms with Crippen LogP contribution >= 0.6 is 0 Å². The van der Waals surface area contributed by atoms with E-state index in [1.165, 1.54) is 11.3 Å². The monoisotopic (exact) mass is 287 g/mol. The molecule has 0 unspecified atom stereocenters. The number of fused-ring (bicyclic) bond motifs is 1. The highest BCUT2D eigenvalue weighted by Gasteiger charge is 2.22. The summed E-state index contributed by atoms with van der Waals surface area (Å²) in [6.07, 6.45) is 0.919. The van der Waals surface area contributed by atoms with Gasteiger partial charge in [-0.2, -0.15) is 0 Å². The zero-order chi connectivity index (χ0) is 15.9. The van der Waals surface area contributed by atoms with E-state index >= 15 is 0 Å². The van der Waals surface area contributed by atoms with Crippen molar-refractivity contribution in [1.29, 1.82) is 0 Å². The minimum Gasteiger partial charge on any atom is -0.478 e. The molecule has 0 amide bonds. The summed E-state index contributed by atoms with van der Waals surface area (Å²) < 4.78 is 2.17. The third kappa shape index (κ3) is 2.45. The third-order valence-corrected chi connectivity index (χ3v) is 4.26. The molecule has 21 heavy (non-hydrogen) atoms. The summed E-state index contributed by atoms with van der Waals surface area (Å²) >= 11 is 0. The van der Waals surface area contributed by atoms with E-state index in [1.54, 1.807) is 0 Å². The topological polar surface area (TPSA) is 42.2 Å². The number of hydrogen-bond acceptors (Lipinski definition) is 1. The van der Waals surface area contributed by atoms with Crippen LogP contribution in [0.15, 0.2) is 12.1 Å². The van der Waals surface area contributed by atoms with E-state index in [4.69, 9.17) is 0 Å². The van der Waals surface area contributed by atoms with Crippen molar-refractivity contribution in [3.05, 3.63) is 34.5 Å². The molecule has 1 heterocycles. The van der Waals surface area contributed by atoms with Gasteiger partial charge in [0.1, 0.15) is 0 Å². The zero-order valence-electron chi connectivity index (χ0n) is 13.8. The molecule has 0 radical (unpaired) electrons. The number of benzene rings is 1. The summed E-state index contributed by atoms with van der Waals surface area (Å²) in [6.45, 7) is 12.6. The second-order valence-electron chi connectivity index (χ2n) is 6.31. The second-order valence-corrected chi connectivity index (χ2v) is 6.31. The molecule has 2 aromatic rings. The van der Waals surface area contributed by atoms with Gasteiger partial charge in [-0.3, -0.25) is 0 Å². The average molecular weight is 287 g/mol. The molecule has 0 aliphatic carbocycles. The summed E-state index contributed by atoms with van der Waals surface area (Å²) in [7, 11) is 0. The Morgan fingerprint density at radius 1 is 1.24 bits per heavy atom. The van der Waals surface area contributed by atoms with E-state index in [-0.39, 0.29) is 6.04 Å². The smallest absolute Gasteiger partial charge is 0.337 e. The molecule has 1 aromatic carbocycles. The number of carboxylic acids is 1. The van der Waals surface area contributed by atoms with Crippen molar-refractivity contribution in [2.24, 2.45) is 0 Å². The first-order chi connectivity index (χ1) is 9.79. The van der Waals surface area contributed by atoms with Gasteiger partial charge >= 0.3 is 5.97 Å². The molecule has 0 aliphatic heterocycles. The molecular formula is C18H25NO2. The first kappa shape index (κ1) is 15.6. The van der Waals surface area contributed by atoms with Crippen LogP contribution in [0.3, 0.4) is 0 Å². The van der Waals surface area contributed by atoms with Gasteiger partial charge in [0.05, 0.1) is 11.1 Å². The van der Waals surface area contributed by atoms with Crippen LogP contribution in [0.1, 0.15) is 73.8 Å². The number of aromatic carboxylic acids is 1. The number of aromatic nitrogens is 1. The maximum atomic E-state index is 11.8. The molecule has 2 rings (SSSR count).